The number of hydrogen-bond donors (Lipinski definition) is 1. The summed E-state index contributed by atoms with van der Waals surface area (Å²) in [6, 6.07) is 12.0. The van der Waals surface area contributed by atoms with Crippen molar-refractivity contribution < 1.29 is 5.11 Å². The normalized spacial score (nSPS) is 35.6. The van der Waals surface area contributed by atoms with Gasteiger partial charge in [-0.2, -0.15) is 0 Å². The Labute approximate surface area is 116 Å². The van der Waals surface area contributed by atoms with Crippen molar-refractivity contribution in [1.29, 1.82) is 0 Å². The number of piperidine rings is 2. The quantitative estimate of drug-likeness (QED) is 0.881. The predicted octanol–water partition coefficient (Wildman–Crippen LogP) is 3.30. The average Bonchev–Trinajstić information content (AvgIpc) is 2.38. The van der Waals surface area contributed by atoms with Crippen LogP contribution in [0.25, 0.3) is 0 Å². The van der Waals surface area contributed by atoms with Gasteiger partial charge in [0, 0.05) is 18.1 Å². The van der Waals surface area contributed by atoms with Gasteiger partial charge in [-0.25, -0.2) is 0 Å². The van der Waals surface area contributed by atoms with E-state index in [4.69, 9.17) is 0 Å². The zero-order valence-electron chi connectivity index (χ0n) is 12.0. The van der Waals surface area contributed by atoms with Crippen molar-refractivity contribution in [3.8, 4) is 0 Å². The molecular weight excluding hydrogens is 234 g/mol. The molecule has 1 aromatic carbocycles. The molecule has 2 nitrogen and oxygen atoms in total. The molecule has 104 valence electrons. The molecule has 1 unspecified atom stereocenters. The third-order valence-corrected chi connectivity index (χ3v) is 4.97. The van der Waals surface area contributed by atoms with Crippen LogP contribution >= 0.6 is 0 Å². The predicted molar refractivity (Wildman–Crippen MR) is 78.0 cm³/mol. The largest absolute Gasteiger partial charge is 0.385 e. The first kappa shape index (κ1) is 13.1. The standard InChI is InChI=1S/C17H25NO/c1-13(2)18-15-9-6-10-16(18)12-17(19,11-15)14-7-4-3-5-8-14/h3-5,7-8,13,15-16,19H,6,9-12H2,1-2H3/t15-,16+,17?. The van der Waals surface area contributed by atoms with Crippen LogP contribution in [0.1, 0.15) is 51.5 Å². The van der Waals surface area contributed by atoms with Crippen LogP contribution in [0.15, 0.2) is 30.3 Å². The lowest BCUT2D eigenvalue weighted by Gasteiger charge is -2.54. The molecule has 1 aromatic rings. The molecule has 2 aliphatic heterocycles. The summed E-state index contributed by atoms with van der Waals surface area (Å²) in [7, 11) is 0. The van der Waals surface area contributed by atoms with Crippen LogP contribution < -0.4 is 0 Å². The van der Waals surface area contributed by atoms with Crippen LogP contribution in [0.4, 0.5) is 0 Å². The molecule has 3 atom stereocenters. The van der Waals surface area contributed by atoms with E-state index < -0.39 is 5.60 Å². The molecule has 2 saturated heterocycles. The van der Waals surface area contributed by atoms with E-state index in [-0.39, 0.29) is 0 Å². The van der Waals surface area contributed by atoms with Crippen LogP contribution in [-0.4, -0.2) is 28.1 Å². The van der Waals surface area contributed by atoms with Crippen molar-refractivity contribution in [3.63, 3.8) is 0 Å². The first-order valence-corrected chi connectivity index (χ1v) is 7.65. The topological polar surface area (TPSA) is 23.5 Å². The molecule has 1 N–H and O–H groups in total. The zero-order valence-corrected chi connectivity index (χ0v) is 12.0. The highest BCUT2D eigenvalue weighted by atomic mass is 16.3. The molecule has 19 heavy (non-hydrogen) atoms. The van der Waals surface area contributed by atoms with Gasteiger partial charge in [0.2, 0.25) is 0 Å². The van der Waals surface area contributed by atoms with Crippen molar-refractivity contribution in [1.82, 2.24) is 4.90 Å². The maximum atomic E-state index is 11.1. The van der Waals surface area contributed by atoms with Gasteiger partial charge in [0.15, 0.2) is 0 Å². The average molecular weight is 259 g/mol. The highest BCUT2D eigenvalue weighted by Crippen LogP contribution is 2.44. The summed E-state index contributed by atoms with van der Waals surface area (Å²) in [5, 5.41) is 11.1. The Morgan fingerprint density at radius 2 is 1.68 bits per heavy atom. The van der Waals surface area contributed by atoms with Gasteiger partial charge in [-0.3, -0.25) is 4.90 Å². The second kappa shape index (κ2) is 4.92. The smallest absolute Gasteiger partial charge is 0.0926 e. The van der Waals surface area contributed by atoms with Gasteiger partial charge in [0.1, 0.15) is 0 Å². The fourth-order valence-corrected chi connectivity index (χ4v) is 4.29. The van der Waals surface area contributed by atoms with Gasteiger partial charge in [-0.05, 0) is 45.1 Å². The van der Waals surface area contributed by atoms with Crippen LogP contribution in [0.2, 0.25) is 0 Å². The Bertz CT molecular complexity index is 414. The number of hydrogen-bond acceptors (Lipinski definition) is 2. The second-order valence-corrected chi connectivity index (χ2v) is 6.59. The molecule has 0 radical (unpaired) electrons. The molecule has 0 aliphatic carbocycles. The summed E-state index contributed by atoms with van der Waals surface area (Å²) in [4.78, 5) is 2.65. The number of aliphatic hydroxyl groups is 1. The minimum absolute atomic E-state index is 0.553. The van der Waals surface area contributed by atoms with E-state index in [9.17, 15) is 5.11 Å². The third-order valence-electron chi connectivity index (χ3n) is 4.97. The molecule has 0 aromatic heterocycles. The summed E-state index contributed by atoms with van der Waals surface area (Å²) in [6.45, 7) is 4.58. The lowest BCUT2D eigenvalue weighted by molar-refractivity contribution is -0.107. The Kier molecular flexibility index (Phi) is 3.40. The van der Waals surface area contributed by atoms with Gasteiger partial charge in [-0.15, -0.1) is 0 Å². The molecule has 2 aliphatic rings. The number of benzene rings is 1. The summed E-state index contributed by atoms with van der Waals surface area (Å²) < 4.78 is 0. The van der Waals surface area contributed by atoms with Crippen molar-refractivity contribution >= 4 is 0 Å². The Hall–Kier alpha value is -0.860. The van der Waals surface area contributed by atoms with Crippen molar-refractivity contribution in [2.75, 3.05) is 0 Å². The number of fused-ring (bicyclic) bond motifs is 2. The zero-order chi connectivity index (χ0) is 13.5. The summed E-state index contributed by atoms with van der Waals surface area (Å²) >= 11 is 0. The summed E-state index contributed by atoms with van der Waals surface area (Å²) in [5.74, 6) is 0. The Balaban J connectivity index is 1.89. The third kappa shape index (κ3) is 2.32. The van der Waals surface area contributed by atoms with Gasteiger partial charge in [0.25, 0.3) is 0 Å². The Morgan fingerprint density at radius 1 is 1.11 bits per heavy atom. The van der Waals surface area contributed by atoms with Crippen molar-refractivity contribution in [2.24, 2.45) is 0 Å². The lowest BCUT2D eigenvalue weighted by Crippen LogP contribution is -2.58. The highest BCUT2D eigenvalue weighted by molar-refractivity contribution is 5.24. The fourth-order valence-electron chi connectivity index (χ4n) is 4.29. The maximum Gasteiger partial charge on any atom is 0.0926 e. The van der Waals surface area contributed by atoms with Gasteiger partial charge in [-0.1, -0.05) is 36.8 Å². The first-order chi connectivity index (χ1) is 9.10. The van der Waals surface area contributed by atoms with Crippen molar-refractivity contribution in [3.05, 3.63) is 35.9 Å². The maximum absolute atomic E-state index is 11.1. The summed E-state index contributed by atoms with van der Waals surface area (Å²) in [6.07, 6.45) is 5.59. The molecule has 0 amide bonds. The van der Waals surface area contributed by atoms with E-state index >= 15 is 0 Å². The molecule has 2 bridgehead atoms. The van der Waals surface area contributed by atoms with Gasteiger partial charge in [0.05, 0.1) is 5.60 Å². The molecule has 0 saturated carbocycles. The van der Waals surface area contributed by atoms with E-state index in [1.807, 2.05) is 18.2 Å². The summed E-state index contributed by atoms with van der Waals surface area (Å²) in [5.41, 5.74) is 0.498. The highest BCUT2D eigenvalue weighted by Gasteiger charge is 2.46. The van der Waals surface area contributed by atoms with Crippen LogP contribution in [0.3, 0.4) is 0 Å². The van der Waals surface area contributed by atoms with Crippen LogP contribution in [-0.2, 0) is 5.60 Å². The lowest BCUT2D eigenvalue weighted by atomic mass is 9.72. The molecule has 2 heterocycles. The van der Waals surface area contributed by atoms with Crippen LogP contribution in [0, 0.1) is 0 Å². The number of nitrogens with zero attached hydrogens (tertiary/aromatic N) is 1. The monoisotopic (exact) mass is 259 g/mol. The second-order valence-electron chi connectivity index (χ2n) is 6.59. The fraction of sp³-hybridized carbons (Fsp3) is 0.647. The molecule has 0 spiro atoms. The molecule has 2 fully saturated rings. The SMILES string of the molecule is CC(C)N1[C@@H]2CCC[C@H]1CC(O)(c1ccccc1)C2. The van der Waals surface area contributed by atoms with Crippen molar-refractivity contribution in [2.45, 2.75) is 69.7 Å². The van der Waals surface area contributed by atoms with E-state index in [2.05, 4.69) is 30.9 Å². The molecule has 2 heteroatoms. The van der Waals surface area contributed by atoms with E-state index in [1.54, 1.807) is 0 Å². The minimum Gasteiger partial charge on any atom is -0.385 e. The van der Waals surface area contributed by atoms with Gasteiger partial charge >= 0.3 is 0 Å². The molecule has 3 rings (SSSR count). The van der Waals surface area contributed by atoms with E-state index in [0.29, 0.717) is 18.1 Å². The first-order valence-electron chi connectivity index (χ1n) is 7.65. The Morgan fingerprint density at radius 3 is 2.21 bits per heavy atom. The van der Waals surface area contributed by atoms with E-state index in [0.717, 1.165) is 18.4 Å². The molecular formula is C17H25NO. The van der Waals surface area contributed by atoms with E-state index in [1.165, 1.54) is 19.3 Å². The van der Waals surface area contributed by atoms with Crippen LogP contribution in [0.5, 0.6) is 0 Å². The van der Waals surface area contributed by atoms with Gasteiger partial charge < -0.3 is 5.11 Å². The minimum atomic E-state index is -0.609. The number of rotatable bonds is 2.